The number of ether oxygens (including phenoxy) is 3. The van der Waals surface area contributed by atoms with Crippen LogP contribution >= 0.6 is 11.8 Å². The van der Waals surface area contributed by atoms with Crippen LogP contribution in [0.4, 0.5) is 4.79 Å². The van der Waals surface area contributed by atoms with E-state index in [4.69, 9.17) is 14.2 Å². The molecule has 0 saturated carbocycles. The molecule has 22 heavy (non-hydrogen) atoms. The summed E-state index contributed by atoms with van der Waals surface area (Å²) in [5.74, 6) is 1.46. The summed E-state index contributed by atoms with van der Waals surface area (Å²) in [7, 11) is 1.54. The van der Waals surface area contributed by atoms with Crippen LogP contribution in [-0.4, -0.2) is 36.0 Å². The molecule has 1 aromatic rings. The van der Waals surface area contributed by atoms with Gasteiger partial charge in [-0.25, -0.2) is 0 Å². The molecule has 0 atom stereocenters. The number of thioether (sulfide) groups is 1. The molecule has 116 valence electrons. The van der Waals surface area contributed by atoms with Gasteiger partial charge >= 0.3 is 0 Å². The first kappa shape index (κ1) is 14.8. The average molecular weight is 321 g/mol. The van der Waals surface area contributed by atoms with Gasteiger partial charge in [-0.3, -0.25) is 14.5 Å². The fourth-order valence-corrected chi connectivity index (χ4v) is 3.25. The van der Waals surface area contributed by atoms with Crippen LogP contribution in [0.2, 0.25) is 0 Å². The zero-order valence-electron chi connectivity index (χ0n) is 12.4. The second kappa shape index (κ2) is 5.57. The lowest BCUT2D eigenvalue weighted by Gasteiger charge is -2.16. The maximum absolute atomic E-state index is 12.3. The Hall–Kier alpha value is -2.15. The smallest absolute Gasteiger partial charge is 0.293 e. The van der Waals surface area contributed by atoms with Crippen molar-refractivity contribution >= 4 is 29.0 Å². The zero-order valence-corrected chi connectivity index (χ0v) is 13.2. The first-order chi connectivity index (χ1) is 10.5. The highest BCUT2D eigenvalue weighted by atomic mass is 32.2. The molecule has 2 aliphatic rings. The molecule has 7 heteroatoms. The Morgan fingerprint density at radius 1 is 1.27 bits per heavy atom. The molecular formula is C15H15NO5S. The first-order valence-electron chi connectivity index (χ1n) is 6.76. The van der Waals surface area contributed by atoms with Gasteiger partial charge in [-0.2, -0.15) is 0 Å². The van der Waals surface area contributed by atoms with Crippen molar-refractivity contribution in [3.05, 3.63) is 22.6 Å². The molecule has 2 aliphatic heterocycles. The Morgan fingerprint density at radius 2 is 1.95 bits per heavy atom. The number of carbonyl (C=O) groups is 2. The third kappa shape index (κ3) is 2.41. The molecule has 0 radical (unpaired) electrons. The third-order valence-corrected chi connectivity index (χ3v) is 4.24. The molecule has 0 spiro atoms. The van der Waals surface area contributed by atoms with Gasteiger partial charge < -0.3 is 14.2 Å². The lowest BCUT2D eigenvalue weighted by Crippen LogP contribution is -2.34. The summed E-state index contributed by atoms with van der Waals surface area (Å²) in [5, 5.41) is -0.258. The number of imide groups is 1. The van der Waals surface area contributed by atoms with Crippen LogP contribution in [-0.2, 0) is 4.79 Å². The summed E-state index contributed by atoms with van der Waals surface area (Å²) in [6.45, 7) is 3.77. The number of fused-ring (bicyclic) bond motifs is 1. The highest BCUT2D eigenvalue weighted by Gasteiger charge is 2.36. The minimum atomic E-state index is -0.287. The van der Waals surface area contributed by atoms with Crippen LogP contribution < -0.4 is 14.2 Å². The Bertz CT molecular complexity index is 683. The molecule has 6 nitrogen and oxygen atoms in total. The number of carbonyl (C=O) groups excluding carboxylic acids is 2. The van der Waals surface area contributed by atoms with Crippen molar-refractivity contribution in [3.8, 4) is 17.2 Å². The van der Waals surface area contributed by atoms with E-state index in [0.29, 0.717) is 27.7 Å². The molecule has 0 unspecified atom stereocenters. The van der Waals surface area contributed by atoms with Gasteiger partial charge in [-0.1, -0.05) is 0 Å². The van der Waals surface area contributed by atoms with Gasteiger partial charge in [0, 0.05) is 17.7 Å². The van der Waals surface area contributed by atoms with E-state index in [1.54, 1.807) is 32.1 Å². The largest absolute Gasteiger partial charge is 0.496 e. The van der Waals surface area contributed by atoms with Gasteiger partial charge in [-0.05, 0) is 37.8 Å². The summed E-state index contributed by atoms with van der Waals surface area (Å²) in [5.41, 5.74) is 0.668. The molecule has 0 N–H and O–H groups in total. The summed E-state index contributed by atoms with van der Waals surface area (Å²) in [6.07, 6.45) is 1.65. The monoisotopic (exact) mass is 321 g/mol. The number of rotatable bonds is 3. The van der Waals surface area contributed by atoms with Crippen molar-refractivity contribution in [1.82, 2.24) is 4.90 Å². The van der Waals surface area contributed by atoms with Crippen LogP contribution in [0.3, 0.4) is 0 Å². The minimum absolute atomic E-state index is 0.159. The lowest BCUT2D eigenvalue weighted by atomic mass is 10.1. The molecule has 0 aromatic heterocycles. The molecule has 1 aromatic carbocycles. The van der Waals surface area contributed by atoms with Crippen LogP contribution in [0.25, 0.3) is 6.08 Å². The van der Waals surface area contributed by atoms with Crippen molar-refractivity contribution in [3.63, 3.8) is 0 Å². The van der Waals surface area contributed by atoms with E-state index in [1.165, 1.54) is 12.0 Å². The van der Waals surface area contributed by atoms with Gasteiger partial charge in [0.05, 0.1) is 12.0 Å². The van der Waals surface area contributed by atoms with Crippen molar-refractivity contribution in [2.24, 2.45) is 0 Å². The van der Waals surface area contributed by atoms with Crippen molar-refractivity contribution in [1.29, 1.82) is 0 Å². The Labute approximate surface area is 132 Å². The number of hydrogen-bond donors (Lipinski definition) is 0. The van der Waals surface area contributed by atoms with E-state index in [9.17, 15) is 9.59 Å². The Kier molecular flexibility index (Phi) is 3.74. The number of nitrogens with zero attached hydrogens (tertiary/aromatic N) is 1. The molecule has 1 saturated heterocycles. The third-order valence-electron chi connectivity index (χ3n) is 3.35. The van der Waals surface area contributed by atoms with E-state index in [1.807, 2.05) is 0 Å². The molecule has 0 aliphatic carbocycles. The molecule has 2 heterocycles. The number of amides is 2. The predicted molar refractivity (Wildman–Crippen MR) is 82.1 cm³/mol. The SMILES string of the molecule is COc1cc2c(cc1/C=C1/SC(=O)N(C(C)C)C1=O)OCO2. The zero-order chi connectivity index (χ0) is 15.9. The van der Waals surface area contributed by atoms with Gasteiger partial charge in [-0.15, -0.1) is 0 Å². The summed E-state index contributed by atoms with van der Waals surface area (Å²) < 4.78 is 15.9. The average Bonchev–Trinajstić information content (AvgIpc) is 3.02. The maximum Gasteiger partial charge on any atom is 0.293 e. The molecule has 3 rings (SSSR count). The van der Waals surface area contributed by atoms with Gasteiger partial charge in [0.2, 0.25) is 6.79 Å². The van der Waals surface area contributed by atoms with Crippen LogP contribution in [0.1, 0.15) is 19.4 Å². The van der Waals surface area contributed by atoms with Crippen molar-refractivity contribution < 1.29 is 23.8 Å². The first-order valence-corrected chi connectivity index (χ1v) is 7.57. The highest BCUT2D eigenvalue weighted by Crippen LogP contribution is 2.41. The van der Waals surface area contributed by atoms with Crippen molar-refractivity contribution in [2.45, 2.75) is 19.9 Å². The normalized spacial score (nSPS) is 18.7. The maximum atomic E-state index is 12.3. The summed E-state index contributed by atoms with van der Waals surface area (Å²) in [6, 6.07) is 3.28. The number of methoxy groups -OCH3 is 1. The Balaban J connectivity index is 1.99. The standard InChI is InChI=1S/C15H15NO5S/c1-8(2)16-14(17)13(22-15(16)18)5-9-4-11-12(21-7-20-11)6-10(9)19-3/h4-6,8H,7H2,1-3H3/b13-5+. The quantitative estimate of drug-likeness (QED) is 0.798. The lowest BCUT2D eigenvalue weighted by molar-refractivity contribution is -0.123. The fraction of sp³-hybridized carbons (Fsp3) is 0.333. The van der Waals surface area contributed by atoms with Crippen LogP contribution in [0.15, 0.2) is 17.0 Å². The van der Waals surface area contributed by atoms with E-state index < -0.39 is 0 Å². The molecule has 0 bridgehead atoms. The Morgan fingerprint density at radius 3 is 2.55 bits per heavy atom. The van der Waals surface area contributed by atoms with E-state index in [0.717, 1.165) is 11.8 Å². The number of hydrogen-bond acceptors (Lipinski definition) is 6. The van der Waals surface area contributed by atoms with E-state index in [-0.39, 0.29) is 24.0 Å². The molecular weight excluding hydrogens is 306 g/mol. The van der Waals surface area contributed by atoms with Gasteiger partial charge in [0.1, 0.15) is 5.75 Å². The fourth-order valence-electron chi connectivity index (χ4n) is 2.29. The van der Waals surface area contributed by atoms with Crippen molar-refractivity contribution in [2.75, 3.05) is 13.9 Å². The summed E-state index contributed by atoms with van der Waals surface area (Å²) >= 11 is 0.928. The minimum Gasteiger partial charge on any atom is -0.496 e. The second-order valence-corrected chi connectivity index (χ2v) is 6.09. The topological polar surface area (TPSA) is 65.1 Å². The van der Waals surface area contributed by atoms with Gasteiger partial charge in [0.15, 0.2) is 11.5 Å². The van der Waals surface area contributed by atoms with Crippen LogP contribution in [0, 0.1) is 0 Å². The second-order valence-electron chi connectivity index (χ2n) is 5.09. The number of benzene rings is 1. The summed E-state index contributed by atoms with van der Waals surface area (Å²) in [4.78, 5) is 25.9. The van der Waals surface area contributed by atoms with E-state index in [2.05, 4.69) is 0 Å². The van der Waals surface area contributed by atoms with E-state index >= 15 is 0 Å². The highest BCUT2D eigenvalue weighted by molar-refractivity contribution is 8.18. The van der Waals surface area contributed by atoms with Crippen LogP contribution in [0.5, 0.6) is 17.2 Å². The molecule has 1 fully saturated rings. The predicted octanol–water partition coefficient (Wildman–Crippen LogP) is 2.87. The molecule has 2 amide bonds. The van der Waals surface area contributed by atoms with Gasteiger partial charge in [0.25, 0.3) is 11.1 Å².